The van der Waals surface area contributed by atoms with Crippen LogP contribution in [0.1, 0.15) is 51.5 Å². The SMILES string of the molecule is CC(C)CC(N)C(=O)NC(Cc1ccc(O)cc1)C(=O)N1CCCC1C(=O)NC(CCC(N)=O)C(=O)O. The number of nitrogens with one attached hydrogen (secondary N) is 2. The van der Waals surface area contributed by atoms with E-state index < -0.39 is 53.8 Å². The number of phenolic OH excluding ortho intramolecular Hbond substituents is 1. The van der Waals surface area contributed by atoms with Crippen LogP contribution in [0.5, 0.6) is 5.75 Å². The first-order valence-corrected chi connectivity index (χ1v) is 12.3. The molecular formula is C25H37N5O7. The number of hydrogen-bond acceptors (Lipinski definition) is 7. The molecule has 1 aromatic rings. The Bertz CT molecular complexity index is 982. The second-order valence-corrected chi connectivity index (χ2v) is 9.76. The van der Waals surface area contributed by atoms with Crippen LogP contribution in [-0.4, -0.2) is 75.4 Å². The molecule has 1 fully saturated rings. The van der Waals surface area contributed by atoms with Gasteiger partial charge in [0.05, 0.1) is 6.04 Å². The van der Waals surface area contributed by atoms with Crippen molar-refractivity contribution in [2.45, 2.75) is 76.5 Å². The van der Waals surface area contributed by atoms with Crippen molar-refractivity contribution in [3.05, 3.63) is 29.8 Å². The zero-order chi connectivity index (χ0) is 27.7. The third-order valence-corrected chi connectivity index (χ3v) is 6.19. The van der Waals surface area contributed by atoms with Gasteiger partial charge >= 0.3 is 5.97 Å². The van der Waals surface area contributed by atoms with Gasteiger partial charge in [-0.05, 0) is 49.3 Å². The summed E-state index contributed by atoms with van der Waals surface area (Å²) in [6, 6.07) is 2.05. The van der Waals surface area contributed by atoms with E-state index in [1.807, 2.05) is 13.8 Å². The van der Waals surface area contributed by atoms with Gasteiger partial charge in [-0.15, -0.1) is 0 Å². The van der Waals surface area contributed by atoms with Crippen LogP contribution in [0.25, 0.3) is 0 Å². The zero-order valence-electron chi connectivity index (χ0n) is 21.2. The third kappa shape index (κ3) is 9.05. The number of carboxylic acid groups (broad SMARTS) is 1. The molecule has 12 heteroatoms. The topological polar surface area (TPSA) is 205 Å². The minimum Gasteiger partial charge on any atom is -0.508 e. The Morgan fingerprint density at radius 3 is 2.30 bits per heavy atom. The smallest absolute Gasteiger partial charge is 0.326 e. The monoisotopic (exact) mass is 519 g/mol. The van der Waals surface area contributed by atoms with Gasteiger partial charge in [0.15, 0.2) is 0 Å². The number of hydrogen-bond donors (Lipinski definition) is 6. The fourth-order valence-corrected chi connectivity index (χ4v) is 4.28. The van der Waals surface area contributed by atoms with E-state index in [0.717, 1.165) is 0 Å². The van der Waals surface area contributed by atoms with Crippen molar-refractivity contribution >= 4 is 29.6 Å². The number of carbonyl (C=O) groups excluding carboxylic acids is 4. The van der Waals surface area contributed by atoms with Gasteiger partial charge in [0.1, 0.15) is 23.9 Å². The molecule has 0 saturated carbocycles. The summed E-state index contributed by atoms with van der Waals surface area (Å²) >= 11 is 0. The molecule has 0 aliphatic carbocycles. The van der Waals surface area contributed by atoms with Gasteiger partial charge in [-0.2, -0.15) is 0 Å². The number of amides is 4. The average Bonchev–Trinajstić information content (AvgIpc) is 3.31. The Morgan fingerprint density at radius 1 is 1.08 bits per heavy atom. The lowest BCUT2D eigenvalue weighted by molar-refractivity contribution is -0.145. The number of rotatable bonds is 13. The standard InChI is InChI=1S/C25H37N5O7/c1-14(2)12-17(26)22(33)29-19(13-15-5-7-16(31)8-6-15)24(35)30-11-3-4-20(30)23(34)28-18(25(36)37)9-10-21(27)32/h5-8,14,17-20,31H,3-4,9-13,26H2,1-2H3,(H2,27,32)(H,28,34)(H,29,33)(H,36,37). The highest BCUT2D eigenvalue weighted by molar-refractivity contribution is 5.94. The maximum atomic E-state index is 13.6. The number of phenols is 1. The Morgan fingerprint density at radius 2 is 1.73 bits per heavy atom. The summed E-state index contributed by atoms with van der Waals surface area (Å²) in [4.78, 5) is 63.3. The number of aliphatic carboxylic acids is 1. The highest BCUT2D eigenvalue weighted by Crippen LogP contribution is 2.21. The van der Waals surface area contributed by atoms with Gasteiger partial charge in [0.25, 0.3) is 0 Å². The van der Waals surface area contributed by atoms with Crippen molar-refractivity contribution in [2.75, 3.05) is 6.54 Å². The fourth-order valence-electron chi connectivity index (χ4n) is 4.28. The molecule has 12 nitrogen and oxygen atoms in total. The molecule has 37 heavy (non-hydrogen) atoms. The Kier molecular flexibility index (Phi) is 10.9. The summed E-state index contributed by atoms with van der Waals surface area (Å²) in [5, 5.41) is 24.1. The van der Waals surface area contributed by atoms with Crippen LogP contribution in [-0.2, 0) is 30.4 Å². The van der Waals surface area contributed by atoms with Crippen LogP contribution in [0.3, 0.4) is 0 Å². The molecule has 4 amide bonds. The number of aromatic hydroxyl groups is 1. The largest absolute Gasteiger partial charge is 0.508 e. The van der Waals surface area contributed by atoms with Crippen LogP contribution in [0, 0.1) is 5.92 Å². The third-order valence-electron chi connectivity index (χ3n) is 6.19. The molecular weight excluding hydrogens is 482 g/mol. The number of benzene rings is 1. The predicted molar refractivity (Wildman–Crippen MR) is 134 cm³/mol. The normalized spacial score (nSPS) is 17.6. The van der Waals surface area contributed by atoms with Gasteiger partial charge in [-0.3, -0.25) is 19.2 Å². The van der Waals surface area contributed by atoms with Crippen molar-refractivity contribution in [1.29, 1.82) is 0 Å². The second-order valence-electron chi connectivity index (χ2n) is 9.76. The summed E-state index contributed by atoms with van der Waals surface area (Å²) in [6.07, 6.45) is 0.942. The molecule has 1 aliphatic rings. The van der Waals surface area contributed by atoms with E-state index in [-0.39, 0.29) is 37.5 Å². The molecule has 4 unspecified atom stereocenters. The molecule has 8 N–H and O–H groups in total. The first-order valence-electron chi connectivity index (χ1n) is 12.3. The van der Waals surface area contributed by atoms with Crippen LogP contribution in [0.15, 0.2) is 24.3 Å². The van der Waals surface area contributed by atoms with Gasteiger partial charge < -0.3 is 37.2 Å². The molecule has 2 rings (SSSR count). The van der Waals surface area contributed by atoms with Gasteiger partial charge in [0.2, 0.25) is 23.6 Å². The highest BCUT2D eigenvalue weighted by Gasteiger charge is 2.39. The van der Waals surface area contributed by atoms with Crippen LogP contribution in [0.2, 0.25) is 0 Å². The van der Waals surface area contributed by atoms with Crippen molar-refractivity contribution in [2.24, 2.45) is 17.4 Å². The van der Waals surface area contributed by atoms with Gasteiger partial charge in [0, 0.05) is 19.4 Å². The minimum atomic E-state index is -1.33. The number of carbonyl (C=O) groups is 5. The van der Waals surface area contributed by atoms with E-state index in [1.165, 1.54) is 17.0 Å². The van der Waals surface area contributed by atoms with E-state index >= 15 is 0 Å². The van der Waals surface area contributed by atoms with Crippen molar-refractivity contribution in [1.82, 2.24) is 15.5 Å². The lowest BCUT2D eigenvalue weighted by Crippen LogP contribution is -2.57. The Balaban J connectivity index is 2.21. The number of primary amides is 1. The minimum absolute atomic E-state index is 0.0511. The van der Waals surface area contributed by atoms with E-state index in [2.05, 4.69) is 10.6 Å². The summed E-state index contributed by atoms with van der Waals surface area (Å²) in [5.74, 6) is -3.45. The number of nitrogens with zero attached hydrogens (tertiary/aromatic N) is 1. The summed E-state index contributed by atoms with van der Waals surface area (Å²) in [7, 11) is 0. The van der Waals surface area contributed by atoms with E-state index in [9.17, 15) is 34.2 Å². The second kappa shape index (κ2) is 13.6. The van der Waals surface area contributed by atoms with E-state index in [0.29, 0.717) is 24.8 Å². The maximum absolute atomic E-state index is 13.6. The molecule has 1 aliphatic heterocycles. The molecule has 1 saturated heterocycles. The molecule has 1 aromatic carbocycles. The molecule has 204 valence electrons. The van der Waals surface area contributed by atoms with Crippen molar-refractivity contribution < 1.29 is 34.2 Å². The fraction of sp³-hybridized carbons (Fsp3) is 0.560. The lowest BCUT2D eigenvalue weighted by atomic mass is 10.0. The van der Waals surface area contributed by atoms with E-state index in [1.54, 1.807) is 12.1 Å². The zero-order valence-corrected chi connectivity index (χ0v) is 21.2. The number of likely N-dealkylation sites (tertiary alicyclic amines) is 1. The van der Waals surface area contributed by atoms with Crippen molar-refractivity contribution in [3.8, 4) is 5.75 Å². The molecule has 0 bridgehead atoms. The first kappa shape index (κ1) is 29.6. The van der Waals surface area contributed by atoms with Crippen LogP contribution in [0.4, 0.5) is 0 Å². The Labute approximate surface area is 215 Å². The van der Waals surface area contributed by atoms with Crippen molar-refractivity contribution in [3.63, 3.8) is 0 Å². The van der Waals surface area contributed by atoms with Crippen LogP contribution >= 0.6 is 0 Å². The highest BCUT2D eigenvalue weighted by atomic mass is 16.4. The molecule has 1 heterocycles. The lowest BCUT2D eigenvalue weighted by Gasteiger charge is -2.30. The quantitative estimate of drug-likeness (QED) is 0.202. The predicted octanol–water partition coefficient (Wildman–Crippen LogP) is -0.381. The van der Waals surface area contributed by atoms with Gasteiger partial charge in [-0.1, -0.05) is 26.0 Å². The maximum Gasteiger partial charge on any atom is 0.326 e. The molecule has 0 spiro atoms. The summed E-state index contributed by atoms with van der Waals surface area (Å²) in [5.41, 5.74) is 11.8. The molecule has 4 atom stereocenters. The first-order chi connectivity index (χ1) is 17.4. The van der Waals surface area contributed by atoms with E-state index in [4.69, 9.17) is 11.5 Å². The molecule has 0 aromatic heterocycles. The number of nitrogens with two attached hydrogens (primary N) is 2. The summed E-state index contributed by atoms with van der Waals surface area (Å²) in [6.45, 7) is 4.09. The number of carboxylic acids is 1. The van der Waals surface area contributed by atoms with Crippen LogP contribution < -0.4 is 22.1 Å². The molecule has 0 radical (unpaired) electrons. The summed E-state index contributed by atoms with van der Waals surface area (Å²) < 4.78 is 0. The van der Waals surface area contributed by atoms with Gasteiger partial charge in [-0.25, -0.2) is 4.79 Å². The Hall–Kier alpha value is -3.67. The average molecular weight is 520 g/mol.